The second-order valence-corrected chi connectivity index (χ2v) is 5.95. The summed E-state index contributed by atoms with van der Waals surface area (Å²) in [5, 5.41) is 0.117. The predicted octanol–water partition coefficient (Wildman–Crippen LogP) is 0.845. The minimum Gasteiger partial charge on any atom is -0.383 e. The summed E-state index contributed by atoms with van der Waals surface area (Å²) in [6.07, 6.45) is 3.32. The van der Waals surface area contributed by atoms with Crippen molar-refractivity contribution in [2.75, 3.05) is 18.8 Å². The van der Waals surface area contributed by atoms with Gasteiger partial charge in [0.1, 0.15) is 5.82 Å². The lowest BCUT2D eigenvalue weighted by atomic mass is 10.1. The number of carbonyl (C=O) groups excluding carboxylic acids is 1. The van der Waals surface area contributed by atoms with Gasteiger partial charge in [0, 0.05) is 19.2 Å². The molecule has 1 aromatic heterocycles. The van der Waals surface area contributed by atoms with Crippen LogP contribution in [0.3, 0.4) is 0 Å². The molecule has 0 bridgehead atoms. The number of carbonyl (C=O) groups is 1. The monoisotopic (exact) mass is 282 g/mol. The van der Waals surface area contributed by atoms with Crippen LogP contribution >= 0.6 is 11.8 Å². The van der Waals surface area contributed by atoms with Crippen LogP contribution in [0.5, 0.6) is 0 Å². The average Bonchev–Trinajstić information content (AvgIpc) is 2.37. The lowest BCUT2D eigenvalue weighted by Gasteiger charge is -2.28. The van der Waals surface area contributed by atoms with Gasteiger partial charge < -0.3 is 15.6 Å². The molecule has 2 heterocycles. The lowest BCUT2D eigenvalue weighted by Crippen LogP contribution is -2.40. The average molecular weight is 282 g/mol. The SMILES string of the molecule is CC(Sc1nc(N)cc(=O)[nH]1)C(=O)N1CCCCC1. The predicted molar refractivity (Wildman–Crippen MR) is 75.0 cm³/mol. The van der Waals surface area contributed by atoms with Crippen LogP contribution in [0.2, 0.25) is 0 Å². The largest absolute Gasteiger partial charge is 0.383 e. The molecule has 1 aliphatic heterocycles. The highest BCUT2D eigenvalue weighted by Crippen LogP contribution is 2.22. The maximum absolute atomic E-state index is 12.2. The van der Waals surface area contributed by atoms with Crippen LogP contribution in [-0.4, -0.2) is 39.1 Å². The minimum atomic E-state index is -0.298. The van der Waals surface area contributed by atoms with Gasteiger partial charge in [-0.05, 0) is 26.2 Å². The van der Waals surface area contributed by atoms with Gasteiger partial charge in [-0.2, -0.15) is 0 Å². The number of nitrogens with two attached hydrogens (primary N) is 1. The Balaban J connectivity index is 2.01. The maximum atomic E-state index is 12.2. The van der Waals surface area contributed by atoms with Crippen molar-refractivity contribution in [1.82, 2.24) is 14.9 Å². The second-order valence-electron chi connectivity index (χ2n) is 4.62. The molecule has 3 N–H and O–H groups in total. The van der Waals surface area contributed by atoms with Crippen molar-refractivity contribution < 1.29 is 4.79 Å². The molecule has 2 rings (SSSR count). The number of nitrogens with one attached hydrogen (secondary N) is 1. The van der Waals surface area contributed by atoms with Gasteiger partial charge in [0.2, 0.25) is 5.91 Å². The van der Waals surface area contributed by atoms with E-state index in [0.717, 1.165) is 25.9 Å². The fraction of sp³-hybridized carbons (Fsp3) is 0.583. The minimum absolute atomic E-state index is 0.0924. The van der Waals surface area contributed by atoms with Crippen molar-refractivity contribution in [2.24, 2.45) is 0 Å². The number of aromatic nitrogens is 2. The van der Waals surface area contributed by atoms with E-state index in [4.69, 9.17) is 5.73 Å². The third kappa shape index (κ3) is 3.73. The van der Waals surface area contributed by atoms with Crippen molar-refractivity contribution in [3.63, 3.8) is 0 Å². The Morgan fingerprint density at radius 1 is 1.47 bits per heavy atom. The van der Waals surface area contributed by atoms with Crippen LogP contribution in [-0.2, 0) is 4.79 Å². The van der Waals surface area contributed by atoms with Gasteiger partial charge in [0.25, 0.3) is 5.56 Å². The molecule has 1 atom stereocenters. The van der Waals surface area contributed by atoms with Gasteiger partial charge in [-0.1, -0.05) is 11.8 Å². The van der Waals surface area contributed by atoms with E-state index in [2.05, 4.69) is 9.97 Å². The molecule has 1 aliphatic rings. The highest BCUT2D eigenvalue weighted by Gasteiger charge is 2.23. The number of likely N-dealkylation sites (tertiary alicyclic amines) is 1. The summed E-state index contributed by atoms with van der Waals surface area (Å²) in [7, 11) is 0. The van der Waals surface area contributed by atoms with E-state index in [1.165, 1.54) is 24.2 Å². The first-order valence-electron chi connectivity index (χ1n) is 6.38. The van der Waals surface area contributed by atoms with E-state index < -0.39 is 0 Å². The Morgan fingerprint density at radius 2 is 2.16 bits per heavy atom. The molecule has 1 fully saturated rings. The van der Waals surface area contributed by atoms with Crippen molar-refractivity contribution in [2.45, 2.75) is 36.6 Å². The van der Waals surface area contributed by atoms with E-state index in [1.54, 1.807) is 0 Å². The third-order valence-corrected chi connectivity index (χ3v) is 4.02. The van der Waals surface area contributed by atoms with E-state index in [1.807, 2.05) is 11.8 Å². The van der Waals surface area contributed by atoms with Crippen LogP contribution in [0.15, 0.2) is 16.0 Å². The molecule has 7 heteroatoms. The lowest BCUT2D eigenvalue weighted by molar-refractivity contribution is -0.131. The van der Waals surface area contributed by atoms with E-state index >= 15 is 0 Å². The molecule has 104 valence electrons. The summed E-state index contributed by atoms with van der Waals surface area (Å²) >= 11 is 1.24. The maximum Gasteiger partial charge on any atom is 0.253 e. The first kappa shape index (κ1) is 13.9. The molecule has 1 aromatic rings. The zero-order chi connectivity index (χ0) is 13.8. The van der Waals surface area contributed by atoms with Crippen LogP contribution < -0.4 is 11.3 Å². The Morgan fingerprint density at radius 3 is 2.79 bits per heavy atom. The molecule has 0 radical (unpaired) electrons. The molecule has 1 unspecified atom stereocenters. The number of anilines is 1. The van der Waals surface area contributed by atoms with E-state index in [9.17, 15) is 9.59 Å². The fourth-order valence-electron chi connectivity index (χ4n) is 2.10. The molecule has 6 nitrogen and oxygen atoms in total. The molecule has 1 amide bonds. The summed E-state index contributed by atoms with van der Waals surface area (Å²) < 4.78 is 0. The summed E-state index contributed by atoms with van der Waals surface area (Å²) in [5.74, 6) is 0.263. The quantitative estimate of drug-likeness (QED) is 0.633. The third-order valence-electron chi connectivity index (χ3n) is 3.04. The number of H-pyrrole nitrogens is 1. The van der Waals surface area contributed by atoms with Crippen LogP contribution in [0, 0.1) is 0 Å². The summed E-state index contributed by atoms with van der Waals surface area (Å²) in [4.78, 5) is 32.0. The fourth-order valence-corrected chi connectivity index (χ4v) is 3.00. The van der Waals surface area contributed by atoms with Gasteiger partial charge in [0.15, 0.2) is 5.16 Å². The number of thioether (sulfide) groups is 1. The Bertz CT molecular complexity index is 511. The van der Waals surface area contributed by atoms with Gasteiger partial charge in [0.05, 0.1) is 5.25 Å². The number of hydrogen-bond acceptors (Lipinski definition) is 5. The summed E-state index contributed by atoms with van der Waals surface area (Å²) in [5.41, 5.74) is 5.22. The smallest absolute Gasteiger partial charge is 0.253 e. The van der Waals surface area contributed by atoms with Gasteiger partial charge in [-0.25, -0.2) is 4.98 Å². The van der Waals surface area contributed by atoms with Crippen LogP contribution in [0.25, 0.3) is 0 Å². The molecule has 0 aromatic carbocycles. The number of nitrogen functional groups attached to an aromatic ring is 1. The van der Waals surface area contributed by atoms with Crippen LogP contribution in [0.1, 0.15) is 26.2 Å². The zero-order valence-electron chi connectivity index (χ0n) is 10.9. The normalized spacial score (nSPS) is 17.2. The number of amides is 1. The highest BCUT2D eigenvalue weighted by molar-refractivity contribution is 8.00. The molecule has 0 spiro atoms. The molecule has 0 aliphatic carbocycles. The summed E-state index contributed by atoms with van der Waals surface area (Å²) in [6, 6.07) is 1.22. The molecular weight excluding hydrogens is 264 g/mol. The van der Waals surface area contributed by atoms with Crippen molar-refractivity contribution >= 4 is 23.5 Å². The Hall–Kier alpha value is -1.50. The first-order chi connectivity index (χ1) is 9.06. The molecule has 0 saturated carbocycles. The Kier molecular flexibility index (Phi) is 4.47. The van der Waals surface area contributed by atoms with Crippen molar-refractivity contribution in [3.8, 4) is 0 Å². The number of rotatable bonds is 3. The standard InChI is InChI=1S/C12H18N4O2S/c1-8(11(18)16-5-3-2-4-6-16)19-12-14-9(13)7-10(17)15-12/h7-8H,2-6H2,1H3,(H3,13,14,15,17). The zero-order valence-corrected chi connectivity index (χ0v) is 11.7. The first-order valence-corrected chi connectivity index (χ1v) is 7.26. The highest BCUT2D eigenvalue weighted by atomic mass is 32.2. The summed E-state index contributed by atoms with van der Waals surface area (Å²) in [6.45, 7) is 3.47. The molecule has 19 heavy (non-hydrogen) atoms. The van der Waals surface area contributed by atoms with Crippen molar-refractivity contribution in [1.29, 1.82) is 0 Å². The van der Waals surface area contributed by atoms with Crippen LogP contribution in [0.4, 0.5) is 5.82 Å². The topological polar surface area (TPSA) is 92.1 Å². The number of hydrogen-bond donors (Lipinski definition) is 2. The molecular formula is C12H18N4O2S. The van der Waals surface area contributed by atoms with E-state index in [-0.39, 0.29) is 22.5 Å². The van der Waals surface area contributed by atoms with Gasteiger partial charge in [-0.15, -0.1) is 0 Å². The van der Waals surface area contributed by atoms with Crippen molar-refractivity contribution in [3.05, 3.63) is 16.4 Å². The molecule has 1 saturated heterocycles. The number of piperidine rings is 1. The number of aromatic amines is 1. The van der Waals surface area contributed by atoms with E-state index in [0.29, 0.717) is 5.16 Å². The number of nitrogens with zero attached hydrogens (tertiary/aromatic N) is 2. The van der Waals surface area contributed by atoms with Gasteiger partial charge in [-0.3, -0.25) is 9.59 Å². The van der Waals surface area contributed by atoms with Gasteiger partial charge >= 0.3 is 0 Å². The second kappa shape index (κ2) is 6.10. The Labute approximate surface area is 115 Å².